The van der Waals surface area contributed by atoms with Gasteiger partial charge in [0.05, 0.1) is 12.1 Å². The standard InChI is InChI=1S/C14H13ClN2O4/c1-3-4-17-13(19)10(16-14(17)20)6-8-5-9(15)12(18)11(7-8)21-2/h3,5-7,18H,1,4H2,2H3,(H,16,20). The van der Waals surface area contributed by atoms with E-state index in [1.807, 2.05) is 0 Å². The van der Waals surface area contributed by atoms with Crippen LogP contribution in [0.3, 0.4) is 0 Å². The monoisotopic (exact) mass is 308 g/mol. The van der Waals surface area contributed by atoms with Gasteiger partial charge in [0.2, 0.25) is 0 Å². The molecule has 1 aliphatic rings. The zero-order valence-electron chi connectivity index (χ0n) is 11.2. The van der Waals surface area contributed by atoms with Crippen LogP contribution in [-0.2, 0) is 4.79 Å². The molecule has 0 unspecified atom stereocenters. The van der Waals surface area contributed by atoms with E-state index in [1.54, 1.807) is 0 Å². The lowest BCUT2D eigenvalue weighted by Crippen LogP contribution is -2.30. The number of amides is 3. The third-order valence-corrected chi connectivity index (χ3v) is 3.14. The van der Waals surface area contributed by atoms with Crippen molar-refractivity contribution in [3.8, 4) is 11.5 Å². The fraction of sp³-hybridized carbons (Fsp3) is 0.143. The highest BCUT2D eigenvalue weighted by Gasteiger charge is 2.32. The molecule has 2 rings (SSSR count). The predicted octanol–water partition coefficient (Wildman–Crippen LogP) is 2.13. The van der Waals surface area contributed by atoms with Crippen molar-refractivity contribution in [1.29, 1.82) is 0 Å². The molecular formula is C14H13ClN2O4. The molecule has 0 spiro atoms. The zero-order valence-corrected chi connectivity index (χ0v) is 12.0. The third kappa shape index (κ3) is 2.85. The molecule has 1 heterocycles. The van der Waals surface area contributed by atoms with E-state index < -0.39 is 11.9 Å². The molecule has 3 amide bonds. The second kappa shape index (κ2) is 5.88. The highest BCUT2D eigenvalue weighted by atomic mass is 35.5. The molecule has 7 heteroatoms. The van der Waals surface area contributed by atoms with Crippen LogP contribution in [0.15, 0.2) is 30.5 Å². The van der Waals surface area contributed by atoms with Gasteiger partial charge in [-0.25, -0.2) is 4.79 Å². The fourth-order valence-electron chi connectivity index (χ4n) is 1.87. The van der Waals surface area contributed by atoms with E-state index in [-0.39, 0.29) is 28.8 Å². The summed E-state index contributed by atoms with van der Waals surface area (Å²) in [5.74, 6) is -0.464. The molecule has 6 nitrogen and oxygen atoms in total. The SMILES string of the molecule is C=CCN1C(=O)NC(=Cc2cc(Cl)c(O)c(OC)c2)C1=O. The van der Waals surface area contributed by atoms with Crippen LogP contribution in [0.25, 0.3) is 6.08 Å². The first-order valence-electron chi connectivity index (χ1n) is 6.00. The maximum Gasteiger partial charge on any atom is 0.329 e. The number of hydrogen-bond acceptors (Lipinski definition) is 4. The quantitative estimate of drug-likeness (QED) is 0.507. The van der Waals surface area contributed by atoms with Crippen LogP contribution in [0.1, 0.15) is 5.56 Å². The maximum absolute atomic E-state index is 12.0. The van der Waals surface area contributed by atoms with Gasteiger partial charge < -0.3 is 15.2 Å². The largest absolute Gasteiger partial charge is 0.503 e. The number of carbonyl (C=O) groups is 2. The first-order valence-corrected chi connectivity index (χ1v) is 6.37. The summed E-state index contributed by atoms with van der Waals surface area (Å²) in [6, 6.07) is 2.45. The van der Waals surface area contributed by atoms with E-state index in [2.05, 4.69) is 11.9 Å². The van der Waals surface area contributed by atoms with Gasteiger partial charge >= 0.3 is 6.03 Å². The van der Waals surface area contributed by atoms with Crippen LogP contribution in [0.2, 0.25) is 5.02 Å². The third-order valence-electron chi connectivity index (χ3n) is 2.86. The van der Waals surface area contributed by atoms with Crippen molar-refractivity contribution in [3.05, 3.63) is 41.1 Å². The summed E-state index contributed by atoms with van der Waals surface area (Å²) in [6.07, 6.45) is 2.91. The molecular weight excluding hydrogens is 296 g/mol. The molecule has 1 aromatic carbocycles. The average Bonchev–Trinajstić information content (AvgIpc) is 2.70. The Morgan fingerprint density at radius 3 is 2.81 bits per heavy atom. The molecule has 0 atom stereocenters. The van der Waals surface area contributed by atoms with Crippen LogP contribution in [0, 0.1) is 0 Å². The van der Waals surface area contributed by atoms with Gasteiger partial charge in [0.25, 0.3) is 5.91 Å². The van der Waals surface area contributed by atoms with Crippen LogP contribution in [0.4, 0.5) is 4.79 Å². The summed E-state index contributed by atoms with van der Waals surface area (Å²) in [5, 5.41) is 12.2. The second-order valence-corrected chi connectivity index (χ2v) is 4.65. The molecule has 0 radical (unpaired) electrons. The Hall–Kier alpha value is -2.47. The van der Waals surface area contributed by atoms with Gasteiger partial charge in [0, 0.05) is 6.54 Å². The van der Waals surface area contributed by atoms with Crippen molar-refractivity contribution in [1.82, 2.24) is 10.2 Å². The fourth-order valence-corrected chi connectivity index (χ4v) is 2.09. The van der Waals surface area contributed by atoms with E-state index in [0.29, 0.717) is 5.56 Å². The first-order chi connectivity index (χ1) is 9.97. The molecule has 0 saturated carbocycles. The summed E-state index contributed by atoms with van der Waals surface area (Å²) in [5.41, 5.74) is 0.629. The van der Waals surface area contributed by atoms with Gasteiger partial charge in [-0.2, -0.15) is 0 Å². The Morgan fingerprint density at radius 2 is 2.19 bits per heavy atom. The van der Waals surface area contributed by atoms with Crippen molar-refractivity contribution < 1.29 is 19.4 Å². The van der Waals surface area contributed by atoms with Crippen LogP contribution in [0.5, 0.6) is 11.5 Å². The number of carbonyl (C=O) groups excluding carboxylic acids is 2. The molecule has 1 fully saturated rings. The number of phenols is 1. The van der Waals surface area contributed by atoms with Crippen molar-refractivity contribution in [2.45, 2.75) is 0 Å². The number of methoxy groups -OCH3 is 1. The number of hydrogen-bond donors (Lipinski definition) is 2. The summed E-state index contributed by atoms with van der Waals surface area (Å²) in [6.45, 7) is 3.62. The van der Waals surface area contributed by atoms with E-state index in [0.717, 1.165) is 4.90 Å². The van der Waals surface area contributed by atoms with Crippen molar-refractivity contribution in [3.63, 3.8) is 0 Å². The summed E-state index contributed by atoms with van der Waals surface area (Å²) < 4.78 is 4.98. The second-order valence-electron chi connectivity index (χ2n) is 4.25. The molecule has 21 heavy (non-hydrogen) atoms. The summed E-state index contributed by atoms with van der Waals surface area (Å²) in [7, 11) is 1.39. The van der Waals surface area contributed by atoms with Gasteiger partial charge in [0.1, 0.15) is 5.70 Å². The number of rotatable bonds is 4. The lowest BCUT2D eigenvalue weighted by atomic mass is 10.1. The Morgan fingerprint density at radius 1 is 1.48 bits per heavy atom. The van der Waals surface area contributed by atoms with Gasteiger partial charge in [-0.3, -0.25) is 9.69 Å². The number of nitrogens with one attached hydrogen (secondary N) is 1. The average molecular weight is 309 g/mol. The number of phenolic OH excluding ortho intramolecular Hbond substituents is 1. The Balaban J connectivity index is 2.37. The number of ether oxygens (including phenoxy) is 1. The van der Waals surface area contributed by atoms with Gasteiger partial charge in [-0.1, -0.05) is 17.7 Å². The van der Waals surface area contributed by atoms with Crippen LogP contribution in [-0.4, -0.2) is 35.6 Å². The minimum absolute atomic E-state index is 0.0842. The zero-order chi connectivity index (χ0) is 15.6. The molecule has 0 bridgehead atoms. The van der Waals surface area contributed by atoms with Crippen molar-refractivity contribution in [2.24, 2.45) is 0 Å². The number of nitrogens with zero attached hydrogens (tertiary/aromatic N) is 1. The number of halogens is 1. The van der Waals surface area contributed by atoms with Gasteiger partial charge in [0.15, 0.2) is 11.5 Å². The molecule has 0 aliphatic carbocycles. The van der Waals surface area contributed by atoms with Crippen LogP contribution >= 0.6 is 11.6 Å². The highest BCUT2D eigenvalue weighted by molar-refractivity contribution is 6.32. The molecule has 1 aliphatic heterocycles. The highest BCUT2D eigenvalue weighted by Crippen LogP contribution is 2.35. The minimum Gasteiger partial charge on any atom is -0.503 e. The van der Waals surface area contributed by atoms with E-state index in [9.17, 15) is 14.7 Å². The maximum atomic E-state index is 12.0. The number of benzene rings is 1. The van der Waals surface area contributed by atoms with E-state index in [4.69, 9.17) is 16.3 Å². The summed E-state index contributed by atoms with van der Waals surface area (Å²) in [4.78, 5) is 24.7. The van der Waals surface area contributed by atoms with E-state index >= 15 is 0 Å². The minimum atomic E-state index is -0.511. The van der Waals surface area contributed by atoms with Crippen LogP contribution < -0.4 is 10.1 Å². The van der Waals surface area contributed by atoms with E-state index in [1.165, 1.54) is 31.4 Å². The number of urea groups is 1. The Labute approximate surface area is 126 Å². The molecule has 1 saturated heterocycles. The topological polar surface area (TPSA) is 78.9 Å². The molecule has 1 aromatic rings. The summed E-state index contributed by atoms with van der Waals surface area (Å²) >= 11 is 5.87. The smallest absolute Gasteiger partial charge is 0.329 e. The normalized spacial score (nSPS) is 16.3. The number of aromatic hydroxyl groups is 1. The molecule has 0 aromatic heterocycles. The number of imide groups is 1. The predicted molar refractivity (Wildman–Crippen MR) is 78.1 cm³/mol. The molecule has 110 valence electrons. The molecule has 2 N–H and O–H groups in total. The lowest BCUT2D eigenvalue weighted by Gasteiger charge is -2.07. The first kappa shape index (κ1) is 14.9. The van der Waals surface area contributed by atoms with Crippen molar-refractivity contribution in [2.75, 3.05) is 13.7 Å². The Kier molecular flexibility index (Phi) is 4.18. The van der Waals surface area contributed by atoms with Gasteiger partial charge in [-0.15, -0.1) is 6.58 Å². The lowest BCUT2D eigenvalue weighted by molar-refractivity contribution is -0.122. The Bertz CT molecular complexity index is 655. The van der Waals surface area contributed by atoms with Gasteiger partial charge in [-0.05, 0) is 23.8 Å². The van der Waals surface area contributed by atoms with Crippen molar-refractivity contribution >= 4 is 29.6 Å².